The molecule has 2 aromatic carbocycles. The van der Waals surface area contributed by atoms with Gasteiger partial charge < -0.3 is 5.32 Å². The van der Waals surface area contributed by atoms with Gasteiger partial charge in [-0.2, -0.15) is 18.3 Å². The summed E-state index contributed by atoms with van der Waals surface area (Å²) >= 11 is 6.33. The molecule has 24 heavy (non-hydrogen) atoms. The van der Waals surface area contributed by atoms with E-state index in [1.54, 1.807) is 6.07 Å². The number of aromatic nitrogens is 2. The summed E-state index contributed by atoms with van der Waals surface area (Å²) in [5, 5.41) is 11.3. The molecule has 3 nitrogen and oxygen atoms in total. The Morgan fingerprint density at radius 3 is 2.58 bits per heavy atom. The summed E-state index contributed by atoms with van der Waals surface area (Å²) in [4.78, 5) is 0. The SMILES string of the molecule is FC(F)(F)CCCNc1n[nH]c2cc(Cl)c(-c3ccccc3)cc12. The first-order chi connectivity index (χ1) is 11.4. The third-order valence-electron chi connectivity index (χ3n) is 3.66. The summed E-state index contributed by atoms with van der Waals surface area (Å²) in [6.07, 6.45) is -4.95. The third kappa shape index (κ3) is 3.82. The number of rotatable bonds is 5. The van der Waals surface area contributed by atoms with Crippen molar-refractivity contribution in [3.63, 3.8) is 0 Å². The van der Waals surface area contributed by atoms with Crippen molar-refractivity contribution in [3.05, 3.63) is 47.5 Å². The smallest absolute Gasteiger partial charge is 0.368 e. The quantitative estimate of drug-likeness (QED) is 0.583. The van der Waals surface area contributed by atoms with Crippen LogP contribution < -0.4 is 5.32 Å². The highest BCUT2D eigenvalue weighted by atomic mass is 35.5. The number of hydrogen-bond donors (Lipinski definition) is 2. The van der Waals surface area contributed by atoms with Crippen LogP contribution in [0.25, 0.3) is 22.0 Å². The van der Waals surface area contributed by atoms with Crippen LogP contribution in [0.1, 0.15) is 12.8 Å². The number of aromatic amines is 1. The van der Waals surface area contributed by atoms with Crippen molar-refractivity contribution in [2.45, 2.75) is 19.0 Å². The van der Waals surface area contributed by atoms with Crippen molar-refractivity contribution < 1.29 is 13.2 Å². The molecule has 0 bridgehead atoms. The molecule has 0 unspecified atom stereocenters. The number of fused-ring (bicyclic) bond motifs is 1. The van der Waals surface area contributed by atoms with E-state index in [2.05, 4.69) is 15.5 Å². The Bertz CT molecular complexity index is 828. The van der Waals surface area contributed by atoms with E-state index in [1.807, 2.05) is 36.4 Å². The minimum Gasteiger partial charge on any atom is -0.368 e. The topological polar surface area (TPSA) is 40.7 Å². The molecule has 126 valence electrons. The summed E-state index contributed by atoms with van der Waals surface area (Å²) in [6.45, 7) is 0.197. The summed E-state index contributed by atoms with van der Waals surface area (Å²) < 4.78 is 36.6. The van der Waals surface area contributed by atoms with E-state index in [0.717, 1.165) is 22.0 Å². The van der Waals surface area contributed by atoms with Crippen LogP contribution in [-0.2, 0) is 0 Å². The van der Waals surface area contributed by atoms with Crippen LogP contribution in [0, 0.1) is 0 Å². The molecule has 3 rings (SSSR count). The maximum atomic E-state index is 12.2. The molecule has 0 fully saturated rings. The average molecular weight is 354 g/mol. The molecule has 0 atom stereocenters. The van der Waals surface area contributed by atoms with Gasteiger partial charge in [0, 0.05) is 23.9 Å². The van der Waals surface area contributed by atoms with E-state index in [9.17, 15) is 13.2 Å². The molecule has 0 aliphatic carbocycles. The third-order valence-corrected chi connectivity index (χ3v) is 3.98. The predicted molar refractivity (Wildman–Crippen MR) is 90.3 cm³/mol. The summed E-state index contributed by atoms with van der Waals surface area (Å²) in [7, 11) is 0. The van der Waals surface area contributed by atoms with E-state index in [-0.39, 0.29) is 13.0 Å². The zero-order chi connectivity index (χ0) is 17.2. The number of hydrogen-bond acceptors (Lipinski definition) is 2. The maximum Gasteiger partial charge on any atom is 0.389 e. The zero-order valence-corrected chi connectivity index (χ0v) is 13.4. The Hall–Kier alpha value is -2.21. The fourth-order valence-electron chi connectivity index (χ4n) is 2.51. The molecule has 0 aliphatic rings. The highest BCUT2D eigenvalue weighted by molar-refractivity contribution is 6.34. The van der Waals surface area contributed by atoms with Crippen LogP contribution in [0.3, 0.4) is 0 Å². The molecular formula is C17H15ClF3N3. The molecular weight excluding hydrogens is 339 g/mol. The van der Waals surface area contributed by atoms with Gasteiger partial charge in [-0.05, 0) is 24.1 Å². The Balaban J connectivity index is 1.83. The predicted octanol–water partition coefficient (Wildman–Crippen LogP) is 5.64. The number of anilines is 1. The standard InChI is InChI=1S/C17H15ClF3N3/c18-14-10-15-13(9-12(14)11-5-2-1-3-6-11)16(24-23-15)22-8-4-7-17(19,20)21/h1-3,5-6,9-10H,4,7-8H2,(H2,22,23,24). The monoisotopic (exact) mass is 353 g/mol. The van der Waals surface area contributed by atoms with Crippen molar-refractivity contribution in [2.75, 3.05) is 11.9 Å². The molecule has 1 aromatic heterocycles. The minimum absolute atomic E-state index is 0.00299. The molecule has 0 radical (unpaired) electrons. The van der Waals surface area contributed by atoms with Crippen LogP contribution in [0.2, 0.25) is 5.02 Å². The van der Waals surface area contributed by atoms with Crippen LogP contribution in [0.5, 0.6) is 0 Å². The Morgan fingerprint density at radius 1 is 1.12 bits per heavy atom. The Morgan fingerprint density at radius 2 is 1.88 bits per heavy atom. The fourth-order valence-corrected chi connectivity index (χ4v) is 2.78. The van der Waals surface area contributed by atoms with Gasteiger partial charge in [-0.3, -0.25) is 5.10 Å². The average Bonchev–Trinajstić information content (AvgIpc) is 2.92. The number of halogens is 4. The van der Waals surface area contributed by atoms with Gasteiger partial charge in [0.2, 0.25) is 0 Å². The highest BCUT2D eigenvalue weighted by Crippen LogP contribution is 2.34. The number of nitrogens with one attached hydrogen (secondary N) is 2. The van der Waals surface area contributed by atoms with Crippen molar-refractivity contribution in [1.29, 1.82) is 0 Å². The van der Waals surface area contributed by atoms with Gasteiger partial charge in [0.05, 0.1) is 10.5 Å². The van der Waals surface area contributed by atoms with E-state index < -0.39 is 12.6 Å². The van der Waals surface area contributed by atoms with E-state index in [0.29, 0.717) is 10.8 Å². The second-order valence-corrected chi connectivity index (χ2v) is 5.87. The van der Waals surface area contributed by atoms with E-state index in [1.165, 1.54) is 0 Å². The lowest BCUT2D eigenvalue weighted by Crippen LogP contribution is -2.11. The normalized spacial score (nSPS) is 11.8. The molecule has 2 N–H and O–H groups in total. The first-order valence-corrected chi connectivity index (χ1v) is 7.85. The van der Waals surface area contributed by atoms with Gasteiger partial charge in [0.25, 0.3) is 0 Å². The fraction of sp³-hybridized carbons (Fsp3) is 0.235. The molecule has 0 saturated carbocycles. The van der Waals surface area contributed by atoms with Gasteiger partial charge in [0.15, 0.2) is 5.82 Å². The van der Waals surface area contributed by atoms with Crippen molar-refractivity contribution in [3.8, 4) is 11.1 Å². The highest BCUT2D eigenvalue weighted by Gasteiger charge is 2.25. The number of benzene rings is 2. The van der Waals surface area contributed by atoms with Crippen LogP contribution in [-0.4, -0.2) is 22.9 Å². The Labute approximate surface area is 141 Å². The van der Waals surface area contributed by atoms with E-state index >= 15 is 0 Å². The first kappa shape index (κ1) is 16.6. The summed E-state index contributed by atoms with van der Waals surface area (Å²) in [5.41, 5.74) is 2.55. The summed E-state index contributed by atoms with van der Waals surface area (Å²) in [6, 6.07) is 13.3. The first-order valence-electron chi connectivity index (χ1n) is 7.48. The minimum atomic E-state index is -4.14. The molecule has 0 saturated heterocycles. The zero-order valence-electron chi connectivity index (χ0n) is 12.6. The molecule has 0 aliphatic heterocycles. The van der Waals surface area contributed by atoms with Gasteiger partial charge in [-0.25, -0.2) is 0 Å². The second kappa shape index (κ2) is 6.73. The maximum absolute atomic E-state index is 12.2. The molecule has 0 amide bonds. The summed E-state index contributed by atoms with van der Waals surface area (Å²) in [5.74, 6) is 0.529. The number of nitrogens with zero attached hydrogens (tertiary/aromatic N) is 1. The van der Waals surface area contributed by atoms with Gasteiger partial charge in [0.1, 0.15) is 0 Å². The van der Waals surface area contributed by atoms with Gasteiger partial charge in [-0.1, -0.05) is 41.9 Å². The van der Waals surface area contributed by atoms with Crippen LogP contribution in [0.4, 0.5) is 19.0 Å². The van der Waals surface area contributed by atoms with Gasteiger partial charge >= 0.3 is 6.18 Å². The Kier molecular flexibility index (Phi) is 4.66. The molecule has 7 heteroatoms. The lowest BCUT2D eigenvalue weighted by atomic mass is 10.0. The molecule has 1 heterocycles. The molecule has 0 spiro atoms. The lowest BCUT2D eigenvalue weighted by Gasteiger charge is -2.08. The van der Waals surface area contributed by atoms with Crippen molar-refractivity contribution in [2.24, 2.45) is 0 Å². The lowest BCUT2D eigenvalue weighted by molar-refractivity contribution is -0.134. The number of alkyl halides is 3. The van der Waals surface area contributed by atoms with Crippen molar-refractivity contribution >= 4 is 28.3 Å². The second-order valence-electron chi connectivity index (χ2n) is 5.46. The van der Waals surface area contributed by atoms with Crippen molar-refractivity contribution in [1.82, 2.24) is 10.2 Å². The van der Waals surface area contributed by atoms with Crippen LogP contribution >= 0.6 is 11.6 Å². The molecule has 3 aromatic rings. The van der Waals surface area contributed by atoms with Gasteiger partial charge in [-0.15, -0.1) is 0 Å². The van der Waals surface area contributed by atoms with E-state index in [4.69, 9.17) is 11.6 Å². The van der Waals surface area contributed by atoms with Crippen LogP contribution in [0.15, 0.2) is 42.5 Å². The largest absolute Gasteiger partial charge is 0.389 e. The number of H-pyrrole nitrogens is 1.